The van der Waals surface area contributed by atoms with Crippen molar-refractivity contribution in [3.63, 3.8) is 0 Å². The maximum Gasteiger partial charge on any atom is 0.254 e. The Kier molecular flexibility index (Phi) is 10.1. The number of likely N-dealkylation sites (tertiary alicyclic amines) is 1. The monoisotopic (exact) mass is 674 g/mol. The number of halogens is 1. The molecule has 0 bridgehead atoms. The topological polar surface area (TPSA) is 40.6 Å². The average Bonchev–Trinajstić information content (AvgIpc) is 3.31. The van der Waals surface area contributed by atoms with E-state index in [0.717, 1.165) is 43.7 Å². The fourth-order valence-corrected chi connectivity index (χ4v) is 10.6. The van der Waals surface area contributed by atoms with Gasteiger partial charge in [0.05, 0.1) is 0 Å². The van der Waals surface area contributed by atoms with Gasteiger partial charge in [0.25, 0.3) is 5.91 Å². The molecule has 1 aromatic rings. The number of unbranched alkanes of at least 4 members (excludes halogenated alkanes) is 7. The van der Waals surface area contributed by atoms with Crippen LogP contribution in [0.15, 0.2) is 24.3 Å². The van der Waals surface area contributed by atoms with Crippen LogP contribution in [0, 0.1) is 32.2 Å². The molecule has 0 aromatic heterocycles. The van der Waals surface area contributed by atoms with E-state index >= 15 is 0 Å². The molecule has 5 heteroatoms. The second kappa shape index (κ2) is 13.3. The van der Waals surface area contributed by atoms with Crippen molar-refractivity contribution in [3.05, 3.63) is 33.4 Å². The molecule has 228 valence electrons. The van der Waals surface area contributed by atoms with Crippen molar-refractivity contribution in [2.75, 3.05) is 13.6 Å². The standard InChI is InChI=1S/C36H55IN2O2/c1-5-6-7-8-9-10-11-12-25-39(34(41)26-13-15-27(37)16-14-26)32-20-18-29-28-17-19-31-35(2,24-22-33(40)38(31)4)30(28)21-23-36(29,32)3/h13-16,28-32H,5-12,17-25H2,1-4H3/t28-,29-,30-,31+,32-,35+,36-/m0/s1. The molecule has 4 nitrogen and oxygen atoms in total. The molecule has 0 radical (unpaired) electrons. The molecule has 2 amide bonds. The Morgan fingerprint density at radius 3 is 2.24 bits per heavy atom. The summed E-state index contributed by atoms with van der Waals surface area (Å²) in [5.74, 6) is 2.74. The molecule has 4 aliphatic rings. The van der Waals surface area contributed by atoms with Crippen LogP contribution in [0.2, 0.25) is 0 Å². The minimum Gasteiger partial charge on any atom is -0.342 e. The lowest BCUT2D eigenvalue weighted by molar-refractivity contribution is -0.158. The van der Waals surface area contributed by atoms with Crippen LogP contribution < -0.4 is 0 Å². The highest BCUT2D eigenvalue weighted by atomic mass is 127. The van der Waals surface area contributed by atoms with Gasteiger partial charge >= 0.3 is 0 Å². The van der Waals surface area contributed by atoms with E-state index in [-0.39, 0.29) is 16.7 Å². The van der Waals surface area contributed by atoms with Gasteiger partial charge in [0, 0.05) is 41.2 Å². The zero-order valence-electron chi connectivity index (χ0n) is 26.3. The summed E-state index contributed by atoms with van der Waals surface area (Å²) >= 11 is 2.33. The minimum atomic E-state index is 0.194. The molecular formula is C36H55IN2O2. The highest BCUT2D eigenvalue weighted by Crippen LogP contribution is 2.65. The van der Waals surface area contributed by atoms with Gasteiger partial charge in [-0.05, 0) is 127 Å². The number of nitrogens with zero attached hydrogens (tertiary/aromatic N) is 2. The van der Waals surface area contributed by atoms with E-state index < -0.39 is 0 Å². The first-order chi connectivity index (χ1) is 19.7. The zero-order valence-corrected chi connectivity index (χ0v) is 28.5. The summed E-state index contributed by atoms with van der Waals surface area (Å²) in [5.41, 5.74) is 1.30. The normalized spacial score (nSPS) is 34.6. The van der Waals surface area contributed by atoms with Crippen LogP contribution >= 0.6 is 22.6 Å². The molecule has 4 fully saturated rings. The number of rotatable bonds is 11. The maximum absolute atomic E-state index is 14.2. The first kappa shape index (κ1) is 31.3. The average molecular weight is 675 g/mol. The lowest BCUT2D eigenvalue weighted by Crippen LogP contribution is -2.62. The number of carbonyl (C=O) groups is 2. The molecule has 3 saturated carbocycles. The molecule has 1 aromatic carbocycles. The van der Waals surface area contributed by atoms with E-state index in [1.165, 1.54) is 74.2 Å². The van der Waals surface area contributed by atoms with Gasteiger partial charge in [-0.3, -0.25) is 9.59 Å². The fraction of sp³-hybridized carbons (Fsp3) is 0.778. The van der Waals surface area contributed by atoms with Crippen LogP contribution in [0.4, 0.5) is 0 Å². The second-order valence-corrected chi connectivity index (χ2v) is 15.8. The Morgan fingerprint density at radius 1 is 0.878 bits per heavy atom. The van der Waals surface area contributed by atoms with Gasteiger partial charge in [-0.1, -0.05) is 65.7 Å². The number of hydrogen-bond acceptors (Lipinski definition) is 2. The first-order valence-corrected chi connectivity index (χ1v) is 18.1. The predicted octanol–water partition coefficient (Wildman–Crippen LogP) is 9.11. The number of piperidine rings is 1. The third kappa shape index (κ3) is 6.13. The molecule has 0 N–H and O–H groups in total. The molecule has 1 saturated heterocycles. The summed E-state index contributed by atoms with van der Waals surface area (Å²) in [7, 11) is 2.06. The summed E-state index contributed by atoms with van der Waals surface area (Å²) in [6.07, 6.45) is 19.4. The predicted molar refractivity (Wildman–Crippen MR) is 177 cm³/mol. The van der Waals surface area contributed by atoms with Crippen molar-refractivity contribution in [1.29, 1.82) is 0 Å². The van der Waals surface area contributed by atoms with Gasteiger partial charge in [0.1, 0.15) is 0 Å². The Labute approximate surface area is 263 Å². The van der Waals surface area contributed by atoms with Crippen LogP contribution in [0.1, 0.15) is 134 Å². The summed E-state index contributed by atoms with van der Waals surface area (Å²) in [4.78, 5) is 31.2. The van der Waals surface area contributed by atoms with E-state index in [4.69, 9.17) is 0 Å². The van der Waals surface area contributed by atoms with Crippen LogP contribution in [0.5, 0.6) is 0 Å². The van der Waals surface area contributed by atoms with E-state index in [1.807, 2.05) is 12.1 Å². The fourth-order valence-electron chi connectivity index (χ4n) is 10.2. The van der Waals surface area contributed by atoms with Crippen LogP contribution in [0.25, 0.3) is 0 Å². The third-order valence-corrected chi connectivity index (χ3v) is 13.2. The Hall–Kier alpha value is -1.11. The van der Waals surface area contributed by atoms with Gasteiger partial charge in [-0.25, -0.2) is 0 Å². The number of fused-ring (bicyclic) bond motifs is 5. The summed E-state index contributed by atoms with van der Waals surface area (Å²) < 4.78 is 1.18. The quantitative estimate of drug-likeness (QED) is 0.174. The van der Waals surface area contributed by atoms with Crippen molar-refractivity contribution in [2.24, 2.45) is 28.6 Å². The highest BCUT2D eigenvalue weighted by Gasteiger charge is 2.62. The summed E-state index contributed by atoms with van der Waals surface area (Å²) in [5, 5.41) is 0. The molecule has 0 spiro atoms. The molecule has 1 aliphatic heterocycles. The molecule has 1 heterocycles. The zero-order chi connectivity index (χ0) is 29.2. The lowest BCUT2D eigenvalue weighted by atomic mass is 9.47. The van der Waals surface area contributed by atoms with Gasteiger partial charge in [-0.15, -0.1) is 0 Å². The third-order valence-electron chi connectivity index (χ3n) is 12.5. The maximum atomic E-state index is 14.2. The molecule has 0 unspecified atom stereocenters. The summed E-state index contributed by atoms with van der Waals surface area (Å²) in [6, 6.07) is 8.99. The minimum absolute atomic E-state index is 0.194. The van der Waals surface area contributed by atoms with Crippen molar-refractivity contribution in [3.8, 4) is 0 Å². The number of carbonyl (C=O) groups excluding carboxylic acids is 2. The molecule has 5 rings (SSSR count). The van der Waals surface area contributed by atoms with Crippen molar-refractivity contribution in [1.82, 2.24) is 9.80 Å². The van der Waals surface area contributed by atoms with Gasteiger partial charge in [-0.2, -0.15) is 0 Å². The Balaban J connectivity index is 1.31. The van der Waals surface area contributed by atoms with Crippen molar-refractivity contribution < 1.29 is 9.59 Å². The number of amides is 2. The van der Waals surface area contributed by atoms with E-state index in [9.17, 15) is 9.59 Å². The largest absolute Gasteiger partial charge is 0.342 e. The van der Waals surface area contributed by atoms with E-state index in [0.29, 0.717) is 36.2 Å². The lowest BCUT2D eigenvalue weighted by Gasteiger charge is -2.62. The smallest absolute Gasteiger partial charge is 0.254 e. The van der Waals surface area contributed by atoms with Crippen molar-refractivity contribution >= 4 is 34.4 Å². The number of hydrogen-bond donors (Lipinski definition) is 0. The first-order valence-electron chi connectivity index (χ1n) is 17.0. The second-order valence-electron chi connectivity index (χ2n) is 14.6. The SMILES string of the molecule is CCCCCCCCCCN(C(=O)c1ccc(I)cc1)[C@H]1CC[C@H]2[C@@H]3CC[C@H]4N(C)C(=O)CC[C@]4(C)[C@H]3CC[C@]12C. The van der Waals surface area contributed by atoms with Crippen molar-refractivity contribution in [2.45, 2.75) is 136 Å². The van der Waals surface area contributed by atoms with Crippen LogP contribution in [-0.2, 0) is 4.79 Å². The van der Waals surface area contributed by atoms with E-state index in [2.05, 4.69) is 72.3 Å². The van der Waals surface area contributed by atoms with Gasteiger partial charge < -0.3 is 9.80 Å². The molecule has 3 aliphatic carbocycles. The van der Waals surface area contributed by atoms with Gasteiger partial charge in [0.2, 0.25) is 5.91 Å². The molecular weight excluding hydrogens is 619 g/mol. The molecule has 41 heavy (non-hydrogen) atoms. The Morgan fingerprint density at radius 2 is 1.54 bits per heavy atom. The highest BCUT2D eigenvalue weighted by molar-refractivity contribution is 14.1. The van der Waals surface area contributed by atoms with Gasteiger partial charge in [0.15, 0.2) is 0 Å². The van der Waals surface area contributed by atoms with Crippen LogP contribution in [0.3, 0.4) is 0 Å². The molecule has 7 atom stereocenters. The van der Waals surface area contributed by atoms with Crippen LogP contribution in [-0.4, -0.2) is 47.3 Å². The number of benzene rings is 1. The van der Waals surface area contributed by atoms with E-state index in [1.54, 1.807) is 0 Å². The summed E-state index contributed by atoms with van der Waals surface area (Å²) in [6.45, 7) is 8.25. The Bertz CT molecular complexity index is 1060.